The summed E-state index contributed by atoms with van der Waals surface area (Å²) in [6, 6.07) is 11.1. The van der Waals surface area contributed by atoms with Crippen molar-refractivity contribution < 1.29 is 14.3 Å². The molecule has 0 fully saturated rings. The maximum atomic E-state index is 12.7. The van der Waals surface area contributed by atoms with Gasteiger partial charge in [0.05, 0.1) is 19.6 Å². The Balaban J connectivity index is 1.79. The van der Waals surface area contributed by atoms with E-state index in [2.05, 4.69) is 15.5 Å². The maximum absolute atomic E-state index is 12.7. The summed E-state index contributed by atoms with van der Waals surface area (Å²) in [5.74, 6) is -0.0760. The SMILES string of the molecule is COC(=O)CC(NC(=O)Cn1c(-c2ccc(C)cc2)n[nH]c1=S)c1cccs1. The third-order valence-corrected chi connectivity index (χ3v) is 5.49. The van der Waals surface area contributed by atoms with E-state index >= 15 is 0 Å². The summed E-state index contributed by atoms with van der Waals surface area (Å²) in [5, 5.41) is 11.8. The minimum absolute atomic E-state index is 0.0123. The Morgan fingerprint density at radius 3 is 2.71 bits per heavy atom. The van der Waals surface area contributed by atoms with Crippen LogP contribution in [0.3, 0.4) is 0 Å². The van der Waals surface area contributed by atoms with Gasteiger partial charge in [0, 0.05) is 10.4 Å². The number of hydrogen-bond acceptors (Lipinski definition) is 6. The topological polar surface area (TPSA) is 89.0 Å². The Labute approximate surface area is 171 Å². The standard InChI is InChI=1S/C19H20N4O3S2/c1-12-5-7-13(8-6-12)18-21-22-19(27)23(18)11-16(24)20-14(10-17(25)26-2)15-4-3-9-28-15/h3-9,14H,10-11H2,1-2H3,(H,20,24)(H,22,27). The predicted octanol–water partition coefficient (Wildman–Crippen LogP) is 3.40. The summed E-state index contributed by atoms with van der Waals surface area (Å²) in [5.41, 5.74) is 1.99. The molecule has 0 saturated heterocycles. The molecule has 2 aromatic heterocycles. The van der Waals surface area contributed by atoms with E-state index in [0.29, 0.717) is 10.6 Å². The normalized spacial score (nSPS) is 11.8. The number of ether oxygens (including phenoxy) is 1. The van der Waals surface area contributed by atoms with Crippen LogP contribution in [0.15, 0.2) is 41.8 Å². The fourth-order valence-electron chi connectivity index (χ4n) is 2.73. The summed E-state index contributed by atoms with van der Waals surface area (Å²) >= 11 is 6.76. The number of methoxy groups -OCH3 is 1. The second-order valence-electron chi connectivity index (χ2n) is 6.22. The maximum Gasteiger partial charge on any atom is 0.307 e. The fourth-order valence-corrected chi connectivity index (χ4v) is 3.71. The monoisotopic (exact) mass is 416 g/mol. The lowest BCUT2D eigenvalue weighted by molar-refractivity contribution is -0.141. The number of rotatable bonds is 7. The molecule has 28 heavy (non-hydrogen) atoms. The van der Waals surface area contributed by atoms with E-state index in [0.717, 1.165) is 16.0 Å². The molecular formula is C19H20N4O3S2. The molecule has 3 rings (SSSR count). The molecule has 0 bridgehead atoms. The zero-order valence-corrected chi connectivity index (χ0v) is 17.1. The molecule has 1 amide bonds. The highest BCUT2D eigenvalue weighted by Gasteiger charge is 2.21. The van der Waals surface area contributed by atoms with Crippen molar-refractivity contribution in [3.05, 3.63) is 57.0 Å². The highest BCUT2D eigenvalue weighted by Crippen LogP contribution is 2.23. The van der Waals surface area contributed by atoms with E-state index in [9.17, 15) is 9.59 Å². The number of esters is 1. The summed E-state index contributed by atoms with van der Waals surface area (Å²) in [7, 11) is 1.33. The second kappa shape index (κ2) is 8.94. The van der Waals surface area contributed by atoms with Gasteiger partial charge in [-0.05, 0) is 30.6 Å². The lowest BCUT2D eigenvalue weighted by Crippen LogP contribution is -2.33. The minimum Gasteiger partial charge on any atom is -0.469 e. The third kappa shape index (κ3) is 4.73. The van der Waals surface area contributed by atoms with Crippen LogP contribution in [0.4, 0.5) is 0 Å². The summed E-state index contributed by atoms with van der Waals surface area (Å²) in [6.45, 7) is 1.99. The minimum atomic E-state index is -0.455. The number of carbonyl (C=O) groups excluding carboxylic acids is 2. The number of H-pyrrole nitrogens is 1. The number of aromatic nitrogens is 3. The van der Waals surface area contributed by atoms with Crippen LogP contribution < -0.4 is 5.32 Å². The highest BCUT2D eigenvalue weighted by molar-refractivity contribution is 7.71. The van der Waals surface area contributed by atoms with E-state index in [1.165, 1.54) is 18.4 Å². The number of nitrogens with zero attached hydrogens (tertiary/aromatic N) is 2. The molecule has 2 heterocycles. The number of aromatic amines is 1. The molecule has 2 N–H and O–H groups in total. The lowest BCUT2D eigenvalue weighted by Gasteiger charge is -2.17. The van der Waals surface area contributed by atoms with Crippen LogP contribution >= 0.6 is 23.6 Å². The average molecular weight is 417 g/mol. The molecule has 1 unspecified atom stereocenters. The van der Waals surface area contributed by atoms with Gasteiger partial charge in [-0.3, -0.25) is 19.3 Å². The zero-order valence-electron chi connectivity index (χ0n) is 15.5. The van der Waals surface area contributed by atoms with Crippen molar-refractivity contribution in [1.82, 2.24) is 20.1 Å². The van der Waals surface area contributed by atoms with Crippen LogP contribution in [-0.2, 0) is 20.9 Å². The Morgan fingerprint density at radius 2 is 2.07 bits per heavy atom. The van der Waals surface area contributed by atoms with Gasteiger partial charge in [-0.25, -0.2) is 0 Å². The first-order valence-corrected chi connectivity index (χ1v) is 9.88. The average Bonchev–Trinajstić information content (AvgIpc) is 3.33. The summed E-state index contributed by atoms with van der Waals surface area (Å²) in [4.78, 5) is 25.3. The van der Waals surface area contributed by atoms with Gasteiger partial charge in [0.25, 0.3) is 0 Å². The first-order valence-electron chi connectivity index (χ1n) is 8.59. The van der Waals surface area contributed by atoms with E-state index in [4.69, 9.17) is 17.0 Å². The molecule has 0 aliphatic rings. The molecule has 0 radical (unpaired) electrons. The van der Waals surface area contributed by atoms with E-state index in [1.54, 1.807) is 4.57 Å². The van der Waals surface area contributed by atoms with Gasteiger partial charge >= 0.3 is 5.97 Å². The third-order valence-electron chi connectivity index (χ3n) is 4.19. The van der Waals surface area contributed by atoms with E-state index < -0.39 is 6.04 Å². The first-order chi connectivity index (χ1) is 13.5. The van der Waals surface area contributed by atoms with Gasteiger partial charge in [-0.1, -0.05) is 35.9 Å². The van der Waals surface area contributed by atoms with Crippen molar-refractivity contribution in [2.45, 2.75) is 25.9 Å². The van der Waals surface area contributed by atoms with Crippen LogP contribution in [0.5, 0.6) is 0 Å². The second-order valence-corrected chi connectivity index (χ2v) is 7.59. The molecular weight excluding hydrogens is 396 g/mol. The quantitative estimate of drug-likeness (QED) is 0.455. The van der Waals surface area contributed by atoms with Crippen LogP contribution in [-0.4, -0.2) is 33.8 Å². The van der Waals surface area contributed by atoms with Gasteiger partial charge in [-0.2, -0.15) is 5.10 Å². The fraction of sp³-hybridized carbons (Fsp3) is 0.263. The van der Waals surface area contributed by atoms with Gasteiger partial charge in [0.15, 0.2) is 10.6 Å². The number of thiophene rings is 1. The molecule has 7 nitrogen and oxygen atoms in total. The van der Waals surface area contributed by atoms with Crippen LogP contribution in [0.2, 0.25) is 0 Å². The number of carbonyl (C=O) groups is 2. The molecule has 0 aliphatic heterocycles. The van der Waals surface area contributed by atoms with Crippen molar-refractivity contribution in [3.63, 3.8) is 0 Å². The molecule has 0 saturated carbocycles. The van der Waals surface area contributed by atoms with Gasteiger partial charge in [-0.15, -0.1) is 11.3 Å². The van der Waals surface area contributed by atoms with Crippen molar-refractivity contribution in [2.24, 2.45) is 0 Å². The predicted molar refractivity (Wildman–Crippen MR) is 109 cm³/mol. The number of hydrogen-bond donors (Lipinski definition) is 2. The number of amides is 1. The zero-order chi connectivity index (χ0) is 20.1. The van der Waals surface area contributed by atoms with Crippen LogP contribution in [0.1, 0.15) is 22.9 Å². The summed E-state index contributed by atoms with van der Waals surface area (Å²) < 4.78 is 6.74. The Kier molecular flexibility index (Phi) is 6.37. The molecule has 0 spiro atoms. The molecule has 3 aromatic rings. The van der Waals surface area contributed by atoms with Crippen molar-refractivity contribution in [2.75, 3.05) is 7.11 Å². The number of nitrogens with one attached hydrogen (secondary N) is 2. The van der Waals surface area contributed by atoms with Crippen LogP contribution in [0.25, 0.3) is 11.4 Å². The lowest BCUT2D eigenvalue weighted by atomic mass is 10.1. The van der Waals surface area contributed by atoms with Crippen molar-refractivity contribution >= 4 is 35.4 Å². The Hall–Kier alpha value is -2.78. The molecule has 1 aromatic carbocycles. The summed E-state index contributed by atoms with van der Waals surface area (Å²) in [6.07, 6.45) is 0.0599. The van der Waals surface area contributed by atoms with Gasteiger partial charge < -0.3 is 10.1 Å². The van der Waals surface area contributed by atoms with Gasteiger partial charge in [0.2, 0.25) is 5.91 Å². The number of benzene rings is 1. The smallest absolute Gasteiger partial charge is 0.307 e. The van der Waals surface area contributed by atoms with Crippen LogP contribution in [0, 0.1) is 11.7 Å². The largest absolute Gasteiger partial charge is 0.469 e. The Bertz CT molecular complexity index is 1010. The van der Waals surface area contributed by atoms with Crippen molar-refractivity contribution in [3.8, 4) is 11.4 Å². The van der Waals surface area contributed by atoms with E-state index in [1.807, 2.05) is 48.7 Å². The molecule has 1 atom stereocenters. The van der Waals surface area contributed by atoms with Gasteiger partial charge in [0.1, 0.15) is 6.54 Å². The highest BCUT2D eigenvalue weighted by atomic mass is 32.1. The number of aryl methyl sites for hydroxylation is 1. The Morgan fingerprint density at radius 1 is 1.32 bits per heavy atom. The molecule has 146 valence electrons. The molecule has 0 aliphatic carbocycles. The molecule has 9 heteroatoms. The van der Waals surface area contributed by atoms with Crippen molar-refractivity contribution in [1.29, 1.82) is 0 Å². The first kappa shape index (κ1) is 20.0. The van der Waals surface area contributed by atoms with E-state index in [-0.39, 0.29) is 24.8 Å².